The predicted molar refractivity (Wildman–Crippen MR) is 300 cm³/mol. The van der Waals surface area contributed by atoms with Crippen LogP contribution < -0.4 is 93.7 Å². The maximum Gasteiger partial charge on any atom is 0.328 e. The molecule has 0 bridgehead atoms. The van der Waals surface area contributed by atoms with Gasteiger partial charge < -0.3 is 114 Å². The van der Waals surface area contributed by atoms with Crippen LogP contribution in [0.15, 0.2) is 34.3 Å². The van der Waals surface area contributed by atoms with Crippen molar-refractivity contribution in [3.8, 4) is 5.75 Å². The van der Waals surface area contributed by atoms with Crippen molar-refractivity contribution >= 4 is 88.8 Å². The maximum absolute atomic E-state index is 14.1. The van der Waals surface area contributed by atoms with Crippen LogP contribution in [0.25, 0.3) is 0 Å². The smallest absolute Gasteiger partial charge is 0.328 e. The number of aliphatic imine (C=N–C) groups is 2. The molecule has 36 heteroatoms. The molecule has 0 heterocycles. The van der Waals surface area contributed by atoms with Crippen molar-refractivity contribution in [3.63, 3.8) is 0 Å². The van der Waals surface area contributed by atoms with Crippen LogP contribution in [-0.2, 0) is 68.7 Å². The summed E-state index contributed by atoms with van der Waals surface area (Å²) in [6.07, 6.45) is -4.56. The Morgan fingerprint density at radius 1 is 0.506 bits per heavy atom. The maximum atomic E-state index is 14.1. The Labute approximate surface area is 487 Å². The Hall–Kier alpha value is -9.45. The SMILES string of the molecule is CC(C)[C@H](NC(=O)[C@H](CCCN=C(N)N)NC(=O)[C@H](CCCN=C(N)N)NC(=O)[C@H](CO)NC(=O)[C@H](CC(N)=O)NC(=O)CNC(=O)[C@H](Cc1ccc(O)cc1)NC(=O)[C@H](CCC(N)=O)NC(=O)[C@@H](N)CCC(N)=O)C(=O)N[C@H](C(=O)O)[C@@H](C)O. The third kappa shape index (κ3) is 29.4. The molecular weight excluding hydrogens is 1130 g/mol. The first-order valence-corrected chi connectivity index (χ1v) is 26.5. The molecule has 0 saturated heterocycles. The zero-order valence-electron chi connectivity index (χ0n) is 47.2. The van der Waals surface area contributed by atoms with Crippen LogP contribution in [0.2, 0.25) is 0 Å². The number of phenolic OH excluding ortho intramolecular Hbond substituents is 1. The molecule has 0 aliphatic heterocycles. The van der Waals surface area contributed by atoms with E-state index in [2.05, 4.69) is 57.8 Å². The van der Waals surface area contributed by atoms with Gasteiger partial charge in [-0.3, -0.25) is 67.5 Å². The molecule has 1 aromatic carbocycles. The zero-order valence-corrected chi connectivity index (χ0v) is 47.2. The Bertz CT molecular complexity index is 2560. The molecule has 12 amide bonds. The van der Waals surface area contributed by atoms with Gasteiger partial charge in [-0.25, -0.2) is 4.79 Å². The molecule has 36 nitrogen and oxygen atoms in total. The molecular formula is C49H81N19O17. The molecule has 0 unspecified atom stereocenters. The monoisotopic (exact) mass is 1210 g/mol. The fraction of sp³-hybridized carbons (Fsp3) is 0.571. The van der Waals surface area contributed by atoms with Crippen LogP contribution in [0.5, 0.6) is 5.75 Å². The number of carbonyl (C=O) groups is 13. The lowest BCUT2D eigenvalue weighted by Gasteiger charge is -2.28. The van der Waals surface area contributed by atoms with E-state index in [0.717, 1.165) is 6.92 Å². The third-order valence-electron chi connectivity index (χ3n) is 12.1. The van der Waals surface area contributed by atoms with Gasteiger partial charge in [0.15, 0.2) is 18.0 Å². The van der Waals surface area contributed by atoms with Crippen LogP contribution in [-0.4, -0.2) is 196 Å². The van der Waals surface area contributed by atoms with Gasteiger partial charge in [-0.1, -0.05) is 26.0 Å². The van der Waals surface area contributed by atoms with Crippen molar-refractivity contribution in [1.82, 2.24) is 47.9 Å². The number of aliphatic carboxylic acids is 1. The highest BCUT2D eigenvalue weighted by atomic mass is 16.4. The summed E-state index contributed by atoms with van der Waals surface area (Å²) >= 11 is 0. The summed E-state index contributed by atoms with van der Waals surface area (Å²) in [4.78, 5) is 177. The average molecular weight is 1210 g/mol. The number of nitrogens with two attached hydrogens (primary N) is 8. The van der Waals surface area contributed by atoms with Gasteiger partial charge in [-0.15, -0.1) is 0 Å². The van der Waals surface area contributed by atoms with Gasteiger partial charge in [0.2, 0.25) is 70.9 Å². The van der Waals surface area contributed by atoms with Crippen LogP contribution in [0, 0.1) is 5.92 Å². The highest BCUT2D eigenvalue weighted by Crippen LogP contribution is 2.13. The molecule has 0 spiro atoms. The van der Waals surface area contributed by atoms with Gasteiger partial charge in [0.1, 0.15) is 48.0 Å². The van der Waals surface area contributed by atoms with E-state index >= 15 is 0 Å². The largest absolute Gasteiger partial charge is 0.508 e. The normalized spacial score (nSPS) is 14.4. The van der Waals surface area contributed by atoms with E-state index < -0.39 is 169 Å². The first-order valence-electron chi connectivity index (χ1n) is 26.5. The molecule has 10 atom stereocenters. The number of amides is 12. The lowest BCUT2D eigenvalue weighted by Crippen LogP contribution is -2.61. The summed E-state index contributed by atoms with van der Waals surface area (Å²) in [6.45, 7) is 1.85. The van der Waals surface area contributed by atoms with E-state index in [4.69, 9.17) is 45.9 Å². The molecule has 29 N–H and O–H groups in total. The second-order valence-electron chi connectivity index (χ2n) is 19.7. The minimum absolute atomic E-state index is 0.0176. The fourth-order valence-electron chi connectivity index (χ4n) is 7.54. The Balaban J connectivity index is 3.46. The molecule has 1 aromatic rings. The second kappa shape index (κ2) is 37.6. The summed E-state index contributed by atoms with van der Waals surface area (Å²) in [5.74, 6) is -15.6. The van der Waals surface area contributed by atoms with Gasteiger partial charge in [-0.05, 0) is 69.1 Å². The number of phenols is 1. The number of carboxylic acid groups (broad SMARTS) is 1. The van der Waals surface area contributed by atoms with Gasteiger partial charge in [0, 0.05) is 32.4 Å². The topological polar surface area (TPSA) is 644 Å². The van der Waals surface area contributed by atoms with E-state index in [0.29, 0.717) is 5.56 Å². The van der Waals surface area contributed by atoms with Crippen molar-refractivity contribution in [2.75, 3.05) is 26.2 Å². The number of primary amides is 3. The van der Waals surface area contributed by atoms with Gasteiger partial charge in [0.05, 0.1) is 31.7 Å². The molecule has 0 saturated carbocycles. The fourth-order valence-corrected chi connectivity index (χ4v) is 7.54. The Morgan fingerprint density at radius 2 is 0.941 bits per heavy atom. The highest BCUT2D eigenvalue weighted by molar-refractivity contribution is 5.99. The first kappa shape index (κ1) is 73.6. The number of carboxylic acids is 1. The number of benzene rings is 1. The highest BCUT2D eigenvalue weighted by Gasteiger charge is 2.36. The minimum Gasteiger partial charge on any atom is -0.508 e. The van der Waals surface area contributed by atoms with Crippen molar-refractivity contribution in [2.24, 2.45) is 61.8 Å². The molecule has 85 heavy (non-hydrogen) atoms. The lowest BCUT2D eigenvalue weighted by atomic mass is 10.0. The summed E-state index contributed by atoms with van der Waals surface area (Å²) in [6, 6.07) is -9.28. The average Bonchev–Trinajstić information content (AvgIpc) is 3.53. The Morgan fingerprint density at radius 3 is 1.40 bits per heavy atom. The Kier molecular flexibility index (Phi) is 32.6. The quantitative estimate of drug-likeness (QED) is 0.0165. The van der Waals surface area contributed by atoms with Crippen LogP contribution in [0.4, 0.5) is 0 Å². The number of aromatic hydroxyl groups is 1. The van der Waals surface area contributed by atoms with Gasteiger partial charge in [0.25, 0.3) is 0 Å². The molecule has 1 rings (SSSR count). The van der Waals surface area contributed by atoms with E-state index in [1.165, 1.54) is 38.1 Å². The third-order valence-corrected chi connectivity index (χ3v) is 12.1. The summed E-state index contributed by atoms with van der Waals surface area (Å²) in [7, 11) is 0. The van der Waals surface area contributed by atoms with E-state index in [9.17, 15) is 82.8 Å². The van der Waals surface area contributed by atoms with Gasteiger partial charge in [-0.2, -0.15) is 0 Å². The number of hydrogen-bond acceptors (Lipinski definition) is 19. The van der Waals surface area contributed by atoms with Crippen molar-refractivity contribution < 1.29 is 82.8 Å². The van der Waals surface area contributed by atoms with E-state index in [1.807, 2.05) is 0 Å². The first-order chi connectivity index (χ1) is 39.8. The van der Waals surface area contributed by atoms with E-state index in [1.54, 1.807) is 0 Å². The van der Waals surface area contributed by atoms with Crippen LogP contribution in [0.1, 0.15) is 84.1 Å². The minimum atomic E-state index is -1.94. The van der Waals surface area contributed by atoms with E-state index in [-0.39, 0.29) is 82.1 Å². The summed E-state index contributed by atoms with van der Waals surface area (Å²) in [5.41, 5.74) is 43.7. The number of aliphatic hydroxyl groups is 2. The number of nitrogens with zero attached hydrogens (tertiary/aromatic N) is 2. The standard InChI is InChI=1S/C49H81N19O17/c1-22(2)37(46(83)68-38(23(3)70)47(84)85)67-43(80)28(7-5-17-59-49(56)57)63-41(78)27(6-4-16-58-48(54)55)64-45(82)32(21-69)66-44(81)31(19-35(53)74)61-36(75)20-60-40(77)30(18-24-8-10-25(71)11-9-24)65-42(79)29(13-15-34(52)73)62-39(76)26(50)12-14-33(51)72/h8-11,22-23,26-32,37-38,69-71H,4-7,12-21,50H2,1-3H3,(H2,51,72)(H2,52,73)(H2,53,74)(H,60,77)(H,61,75)(H,62,76)(H,63,78)(H,64,82)(H,65,79)(H,66,81)(H,67,80)(H,68,83)(H,84,85)(H4,54,55,58)(H4,56,57,59)/t23-,26+,27+,28+,29+,30+,31+,32+,37+,38+/m1/s1. The van der Waals surface area contributed by atoms with Gasteiger partial charge >= 0.3 is 5.97 Å². The molecule has 0 aliphatic rings. The summed E-state index contributed by atoms with van der Waals surface area (Å²) < 4.78 is 0. The predicted octanol–water partition coefficient (Wildman–Crippen LogP) is -10.1. The van der Waals surface area contributed by atoms with Crippen molar-refractivity contribution in [1.29, 1.82) is 0 Å². The van der Waals surface area contributed by atoms with Crippen LogP contribution >= 0.6 is 0 Å². The number of aliphatic hydroxyl groups excluding tert-OH is 2. The molecule has 0 aliphatic carbocycles. The second-order valence-corrected chi connectivity index (χ2v) is 19.7. The summed E-state index contributed by atoms with van der Waals surface area (Å²) in [5, 5.41) is 60.4. The number of guanidine groups is 2. The molecule has 0 aromatic heterocycles. The number of rotatable bonds is 40. The number of nitrogens with one attached hydrogen (secondary N) is 9. The number of hydrogen-bond donors (Lipinski definition) is 21. The number of carbonyl (C=O) groups excluding carboxylic acids is 12. The molecule has 0 radical (unpaired) electrons. The zero-order chi connectivity index (χ0) is 64.7. The molecule has 0 fully saturated rings. The van der Waals surface area contributed by atoms with Crippen molar-refractivity contribution in [3.05, 3.63) is 29.8 Å². The lowest BCUT2D eigenvalue weighted by molar-refractivity contribution is -0.145. The van der Waals surface area contributed by atoms with Crippen LogP contribution in [0.3, 0.4) is 0 Å². The molecule has 474 valence electrons. The van der Waals surface area contributed by atoms with Crippen molar-refractivity contribution in [2.45, 2.75) is 145 Å².